The topological polar surface area (TPSA) is 24.6 Å². The van der Waals surface area contributed by atoms with Crippen molar-refractivity contribution in [2.75, 3.05) is 0 Å². The first-order valence-corrected chi connectivity index (χ1v) is 33.2. The molecular weight excluding hydrogens is 1220 g/mol. The van der Waals surface area contributed by atoms with Gasteiger partial charge < -0.3 is 22.8 Å². The molecule has 20 rings (SSSR count). The van der Waals surface area contributed by atoms with E-state index < -0.39 is 0 Å². The minimum absolute atomic E-state index is 1.03. The Labute approximate surface area is 558 Å². The first kappa shape index (κ1) is 55.8. The van der Waals surface area contributed by atoms with Gasteiger partial charge in [-0.2, -0.15) is 0 Å². The van der Waals surface area contributed by atoms with Crippen LogP contribution in [0.3, 0.4) is 0 Å². The number of halogens is 1. The van der Waals surface area contributed by atoms with Gasteiger partial charge in [-0.25, -0.2) is 0 Å². The molecule has 0 bridgehead atoms. The third-order valence-electron chi connectivity index (χ3n) is 19.2. The van der Waals surface area contributed by atoms with Gasteiger partial charge >= 0.3 is 0 Å². The van der Waals surface area contributed by atoms with E-state index in [0.717, 1.165) is 28.0 Å². The van der Waals surface area contributed by atoms with Gasteiger partial charge in [-0.3, -0.25) is 0 Å². The van der Waals surface area contributed by atoms with Crippen LogP contribution in [0.4, 0.5) is 0 Å². The van der Waals surface area contributed by atoms with Crippen LogP contribution in [-0.4, -0.2) is 22.8 Å². The van der Waals surface area contributed by atoms with E-state index in [4.69, 9.17) is 0 Å². The molecule has 448 valence electrons. The lowest BCUT2D eigenvalue weighted by Gasteiger charge is -2.13. The van der Waals surface area contributed by atoms with E-state index in [2.05, 4.69) is 391 Å². The van der Waals surface area contributed by atoms with Gasteiger partial charge in [-0.1, -0.05) is 228 Å². The summed E-state index contributed by atoms with van der Waals surface area (Å²) in [7, 11) is 0. The van der Waals surface area contributed by atoms with Gasteiger partial charge in [0.05, 0.1) is 44.1 Å². The normalized spacial score (nSPS) is 11.8. The van der Waals surface area contributed by atoms with E-state index in [1.165, 1.54) is 143 Å². The maximum atomic E-state index is 3.53. The molecule has 0 unspecified atom stereocenters. The molecule has 0 saturated carbocycles. The molecular formula is C89H60BrN5. The zero-order valence-corrected chi connectivity index (χ0v) is 53.4. The Morgan fingerprint density at radius 3 is 1.20 bits per heavy atom. The lowest BCUT2D eigenvalue weighted by Crippen LogP contribution is -1.99. The van der Waals surface area contributed by atoms with Crippen LogP contribution in [0.25, 0.3) is 149 Å². The molecule has 1 aliphatic carbocycles. The highest BCUT2D eigenvalue weighted by molar-refractivity contribution is 9.10. The van der Waals surface area contributed by atoms with Gasteiger partial charge in [0.15, 0.2) is 0 Å². The molecule has 0 saturated heterocycles. The van der Waals surface area contributed by atoms with Crippen LogP contribution in [0.1, 0.15) is 11.1 Å². The van der Waals surface area contributed by atoms with Crippen LogP contribution >= 0.6 is 15.9 Å². The number of para-hydroxylation sites is 5. The quantitative estimate of drug-likeness (QED) is 0.152. The monoisotopic (exact) mass is 1280 g/mol. The van der Waals surface area contributed by atoms with Crippen molar-refractivity contribution in [2.24, 2.45) is 0 Å². The van der Waals surface area contributed by atoms with E-state index in [0.29, 0.717) is 0 Å². The van der Waals surface area contributed by atoms with E-state index in [1.807, 2.05) is 0 Å². The second-order valence-corrected chi connectivity index (χ2v) is 25.5. The van der Waals surface area contributed by atoms with Crippen molar-refractivity contribution >= 4 is 103 Å². The third kappa shape index (κ3) is 9.60. The summed E-state index contributed by atoms with van der Waals surface area (Å²) in [4.78, 5) is 0. The fourth-order valence-electron chi connectivity index (χ4n) is 14.9. The summed E-state index contributed by atoms with van der Waals surface area (Å²) in [5, 5.41) is 10.1. The Morgan fingerprint density at radius 1 is 0.242 bits per heavy atom. The predicted octanol–water partition coefficient (Wildman–Crippen LogP) is 23.9. The smallest absolute Gasteiger partial charge is 0.0788 e. The van der Waals surface area contributed by atoms with Crippen molar-refractivity contribution in [3.63, 3.8) is 0 Å². The SMILES string of the molecule is Brc1ccc(-n2c3ccccc3c3cc(-c4ccccc4)ccc32)cc1.c1ccc(-c2ccc3c(c2)c2ccccc2n3-c2ccc(-n3c4ccccc4c4ccc5ccn(-c6ccccc6)c5c43)cc2)cc1.c1ccc(-n2ccc3ccc4c(c32)Cc2ccccc2-4)cc1. The second kappa shape index (κ2) is 23.3. The number of benzene rings is 14. The maximum absolute atomic E-state index is 3.53. The van der Waals surface area contributed by atoms with Gasteiger partial charge in [0, 0.05) is 94.8 Å². The van der Waals surface area contributed by atoms with Crippen LogP contribution in [0.2, 0.25) is 0 Å². The van der Waals surface area contributed by atoms with Crippen LogP contribution < -0.4 is 0 Å². The molecule has 6 heteroatoms. The molecule has 0 fully saturated rings. The molecule has 95 heavy (non-hydrogen) atoms. The third-order valence-corrected chi connectivity index (χ3v) is 19.7. The average Bonchev–Trinajstić information content (AvgIpc) is 1.76. The molecule has 14 aromatic carbocycles. The first-order valence-electron chi connectivity index (χ1n) is 32.5. The molecule has 5 aromatic heterocycles. The van der Waals surface area contributed by atoms with Gasteiger partial charge in [0.2, 0.25) is 0 Å². The molecule has 1 aliphatic rings. The number of hydrogen-bond acceptors (Lipinski definition) is 0. The summed E-state index contributed by atoms with van der Waals surface area (Å²) < 4.78 is 12.9. The van der Waals surface area contributed by atoms with Gasteiger partial charge in [0.25, 0.3) is 0 Å². The molecule has 0 amide bonds. The number of rotatable bonds is 7. The summed E-state index contributed by atoms with van der Waals surface area (Å²) in [5.41, 5.74) is 26.3. The highest BCUT2D eigenvalue weighted by atomic mass is 79.9. The Bertz CT molecular complexity index is 6090. The van der Waals surface area contributed by atoms with Gasteiger partial charge in [0.1, 0.15) is 0 Å². The summed E-state index contributed by atoms with van der Waals surface area (Å²) >= 11 is 3.53. The molecule has 0 aliphatic heterocycles. The number of hydrogen-bond donors (Lipinski definition) is 0. The van der Waals surface area contributed by atoms with Crippen LogP contribution in [0.15, 0.2) is 357 Å². The number of nitrogens with zero attached hydrogens (tertiary/aromatic N) is 5. The van der Waals surface area contributed by atoms with Crippen molar-refractivity contribution in [1.29, 1.82) is 0 Å². The summed E-state index contributed by atoms with van der Waals surface area (Å²) in [6, 6.07) is 122. The standard InChI is InChI=1S/C44H29N3.C24H16BrN.C21H15N/c1-3-11-30(12-4-1)32-20-26-42-39(29-32)37-16-8-9-17-40(37)46(42)34-21-23-35(24-22-34)47-41-18-10-7-15-36(41)38-25-19-31-27-28-45(43(31)44(38)47)33-13-5-2-6-14-33;25-19-11-13-20(14-12-19)26-23-9-5-4-8-21(23)22-16-18(10-15-24(22)26)17-6-2-1-3-7-17;1-2-7-17(8-3-1)22-13-12-15-10-11-19-18-9-5-4-6-16(18)14-20(19)21(15)22/h1-29H;1-16H;1-13H,14H2. The number of fused-ring (bicyclic) bond motifs is 16. The van der Waals surface area contributed by atoms with Crippen LogP contribution in [0.5, 0.6) is 0 Å². The summed E-state index contributed by atoms with van der Waals surface area (Å²) in [5.74, 6) is 0. The zero-order valence-electron chi connectivity index (χ0n) is 51.8. The fraction of sp³-hybridized carbons (Fsp3) is 0.0112. The maximum Gasteiger partial charge on any atom is 0.0788 e. The van der Waals surface area contributed by atoms with E-state index >= 15 is 0 Å². The molecule has 0 atom stereocenters. The minimum atomic E-state index is 1.03. The lowest BCUT2D eigenvalue weighted by atomic mass is 10.0. The van der Waals surface area contributed by atoms with Gasteiger partial charge in [-0.15, -0.1) is 0 Å². The first-order chi connectivity index (χ1) is 47.1. The molecule has 0 radical (unpaired) electrons. The van der Waals surface area contributed by atoms with Crippen molar-refractivity contribution in [2.45, 2.75) is 6.42 Å². The van der Waals surface area contributed by atoms with E-state index in [1.54, 1.807) is 0 Å². The predicted molar refractivity (Wildman–Crippen MR) is 403 cm³/mol. The molecule has 5 heterocycles. The Hall–Kier alpha value is -12.0. The largest absolute Gasteiger partial charge is 0.316 e. The van der Waals surface area contributed by atoms with Crippen LogP contribution in [-0.2, 0) is 6.42 Å². The van der Waals surface area contributed by atoms with Crippen molar-refractivity contribution in [3.8, 4) is 61.8 Å². The van der Waals surface area contributed by atoms with Crippen molar-refractivity contribution in [3.05, 3.63) is 368 Å². The van der Waals surface area contributed by atoms with Crippen molar-refractivity contribution in [1.82, 2.24) is 22.8 Å². The Balaban J connectivity index is 0.000000115. The second-order valence-electron chi connectivity index (χ2n) is 24.6. The number of aromatic nitrogens is 5. The summed E-state index contributed by atoms with van der Waals surface area (Å²) in [6.07, 6.45) is 5.40. The molecule has 0 N–H and O–H groups in total. The van der Waals surface area contributed by atoms with E-state index in [9.17, 15) is 0 Å². The van der Waals surface area contributed by atoms with Crippen LogP contribution in [0, 0.1) is 0 Å². The molecule has 0 spiro atoms. The van der Waals surface area contributed by atoms with Gasteiger partial charge in [-0.05, 0) is 172 Å². The molecule has 5 nitrogen and oxygen atoms in total. The highest BCUT2D eigenvalue weighted by Crippen LogP contribution is 2.43. The zero-order chi connectivity index (χ0) is 62.9. The molecule has 19 aromatic rings. The Morgan fingerprint density at radius 2 is 0.653 bits per heavy atom. The lowest BCUT2D eigenvalue weighted by molar-refractivity contribution is 1.11. The van der Waals surface area contributed by atoms with E-state index in [-0.39, 0.29) is 0 Å². The fourth-order valence-corrected chi connectivity index (χ4v) is 15.1. The van der Waals surface area contributed by atoms with Crippen molar-refractivity contribution < 1.29 is 0 Å². The summed E-state index contributed by atoms with van der Waals surface area (Å²) in [6.45, 7) is 0. The average molecular weight is 1280 g/mol. The Kier molecular flexibility index (Phi) is 13.7. The minimum Gasteiger partial charge on any atom is -0.316 e. The highest BCUT2D eigenvalue weighted by Gasteiger charge is 2.23.